The molecule has 2 rings (SSSR count). The van der Waals surface area contributed by atoms with Gasteiger partial charge in [0.25, 0.3) is 0 Å². The smallest absolute Gasteiger partial charge is 1.00 e. The Bertz CT molecular complexity index is 574. The van der Waals surface area contributed by atoms with Crippen LogP contribution in [0.2, 0.25) is 13.1 Å². The second-order valence-electron chi connectivity index (χ2n) is 5.50. The van der Waals surface area contributed by atoms with E-state index < -0.39 is 5.91 Å². The molecule has 0 bridgehead atoms. The quantitative estimate of drug-likeness (QED) is 0.444. The molecule has 136 valence electrons. The Morgan fingerprint density at radius 3 is 1.80 bits per heavy atom. The molecule has 1 aliphatic rings. The van der Waals surface area contributed by atoms with Crippen molar-refractivity contribution in [2.24, 2.45) is 5.92 Å². The van der Waals surface area contributed by atoms with Crippen LogP contribution in [0.25, 0.3) is 5.73 Å². The van der Waals surface area contributed by atoms with Crippen LogP contribution in [0.4, 0.5) is 0 Å². The van der Waals surface area contributed by atoms with Crippen molar-refractivity contribution in [1.82, 2.24) is 0 Å². The third-order valence-corrected chi connectivity index (χ3v) is 3.52. The predicted molar refractivity (Wildman–Crippen MR) is 97.3 cm³/mol. The second kappa shape index (κ2) is 17.1. The molecule has 2 radical (unpaired) electrons. The molecule has 1 aliphatic carbocycles. The van der Waals surface area contributed by atoms with Crippen molar-refractivity contribution in [3.8, 4) is 0 Å². The third kappa shape index (κ3) is 12.6. The number of carbonyl (C=O) groups is 1. The number of aryl methyl sites for hydroxylation is 1. The SMILES string of the molecule is CC1=[C-]C(C)C(C)=C1C.C[Si]C.Cc1cccc(C([NH-])=O)c1.[Cl-].[Cl-].[Ti+4]. The summed E-state index contributed by atoms with van der Waals surface area (Å²) in [4.78, 5) is 10.5. The molecule has 25 heavy (non-hydrogen) atoms. The first-order chi connectivity index (χ1) is 10.2. The van der Waals surface area contributed by atoms with E-state index in [0.29, 0.717) is 11.5 Å². The molecule has 6 heteroatoms. The summed E-state index contributed by atoms with van der Waals surface area (Å²) >= 11 is 0. The normalized spacial score (nSPS) is 14.2. The van der Waals surface area contributed by atoms with Gasteiger partial charge in [-0.05, 0) is 12.5 Å². The van der Waals surface area contributed by atoms with Crippen molar-refractivity contribution in [2.75, 3.05) is 0 Å². The van der Waals surface area contributed by atoms with E-state index in [2.05, 4.69) is 46.9 Å². The van der Waals surface area contributed by atoms with Crippen LogP contribution in [0, 0.1) is 18.9 Å². The summed E-state index contributed by atoms with van der Waals surface area (Å²) in [5.41, 5.74) is 12.5. The summed E-state index contributed by atoms with van der Waals surface area (Å²) in [6.45, 7) is 14.9. The van der Waals surface area contributed by atoms with Crippen LogP contribution in [0.3, 0.4) is 0 Å². The van der Waals surface area contributed by atoms with Crippen molar-refractivity contribution in [3.63, 3.8) is 0 Å². The minimum atomic E-state index is -0.622. The molecule has 0 aliphatic heterocycles. The van der Waals surface area contributed by atoms with Crippen LogP contribution in [-0.4, -0.2) is 15.4 Å². The number of hydrogen-bond donors (Lipinski definition) is 0. The summed E-state index contributed by atoms with van der Waals surface area (Å²) in [7, 11) is 1.08. The molecule has 1 unspecified atom stereocenters. The molecule has 1 atom stereocenters. The monoisotopic (exact) mass is 431 g/mol. The molecular weight excluding hydrogens is 405 g/mol. The molecule has 0 heterocycles. The van der Waals surface area contributed by atoms with E-state index >= 15 is 0 Å². The van der Waals surface area contributed by atoms with Crippen LogP contribution < -0.4 is 24.8 Å². The molecule has 1 amide bonds. The van der Waals surface area contributed by atoms with Crippen molar-refractivity contribution >= 4 is 15.4 Å². The molecule has 1 N–H and O–H groups in total. The second-order valence-corrected chi connectivity index (χ2v) is 6.50. The maximum Gasteiger partial charge on any atom is 4.00 e. The molecule has 1 aromatic carbocycles. The number of rotatable bonds is 1. The van der Waals surface area contributed by atoms with Crippen LogP contribution in [-0.2, 0) is 21.7 Å². The molecule has 0 aromatic heterocycles. The number of amides is 1. The van der Waals surface area contributed by atoms with Crippen LogP contribution in [0.15, 0.2) is 41.0 Å². The third-order valence-electron chi connectivity index (χ3n) is 3.52. The Hall–Kier alpha value is -0.319. The Morgan fingerprint density at radius 2 is 1.60 bits per heavy atom. The van der Waals surface area contributed by atoms with Gasteiger partial charge in [0.1, 0.15) is 0 Å². The van der Waals surface area contributed by atoms with Gasteiger partial charge in [0, 0.05) is 9.52 Å². The van der Waals surface area contributed by atoms with Gasteiger partial charge in [0.2, 0.25) is 0 Å². The molecular formula is C19H27Cl2NOSiTi. The van der Waals surface area contributed by atoms with Crippen molar-refractivity contribution in [2.45, 2.75) is 47.7 Å². The van der Waals surface area contributed by atoms with E-state index in [4.69, 9.17) is 5.73 Å². The van der Waals surface area contributed by atoms with Gasteiger partial charge in [0.15, 0.2) is 0 Å². The minimum Gasteiger partial charge on any atom is -1.00 e. The van der Waals surface area contributed by atoms with Gasteiger partial charge in [-0.15, -0.1) is 6.92 Å². The number of benzene rings is 1. The first-order valence-electron chi connectivity index (χ1n) is 7.43. The van der Waals surface area contributed by atoms with Gasteiger partial charge < -0.3 is 35.3 Å². The van der Waals surface area contributed by atoms with Gasteiger partial charge in [-0.3, -0.25) is 6.08 Å². The van der Waals surface area contributed by atoms with Crippen LogP contribution in [0.1, 0.15) is 43.6 Å². The van der Waals surface area contributed by atoms with E-state index in [-0.39, 0.29) is 46.5 Å². The summed E-state index contributed by atoms with van der Waals surface area (Å²) < 4.78 is 0. The van der Waals surface area contributed by atoms with Gasteiger partial charge in [-0.2, -0.15) is 11.1 Å². The minimum absolute atomic E-state index is 0. The van der Waals surface area contributed by atoms with E-state index in [1.165, 1.54) is 16.7 Å². The summed E-state index contributed by atoms with van der Waals surface area (Å²) in [6.07, 6.45) is 3.36. The summed E-state index contributed by atoms with van der Waals surface area (Å²) in [5.74, 6) is -0.0614. The Balaban J connectivity index is -0.000000139. The standard InChI is InChI=1S/C9H13.C8H9NO.C2H6Si.2ClH.Ti/c1-6-5-7(2)9(4)8(6)3;1-6-3-2-4-7(5-6)8(9)10;1-3-2;;;/h6H,1-4H3;2-5H,1H3,(H2,9,10);1-2H3;2*1H;/q-1;;;;;+4/p-3. The van der Waals surface area contributed by atoms with Gasteiger partial charge >= 0.3 is 21.7 Å². The van der Waals surface area contributed by atoms with E-state index in [1.807, 2.05) is 13.0 Å². The average Bonchev–Trinajstić information content (AvgIpc) is 2.67. The number of carbonyl (C=O) groups excluding carboxylic acids is 1. The molecule has 0 saturated heterocycles. The Labute approximate surface area is 183 Å². The van der Waals surface area contributed by atoms with Gasteiger partial charge in [-0.1, -0.05) is 69.6 Å². The van der Waals surface area contributed by atoms with Crippen molar-refractivity contribution in [1.29, 1.82) is 0 Å². The number of halogens is 2. The van der Waals surface area contributed by atoms with Crippen LogP contribution >= 0.6 is 0 Å². The zero-order chi connectivity index (χ0) is 17.3. The average molecular weight is 432 g/mol. The fraction of sp³-hybridized carbons (Fsp3) is 0.421. The molecule has 0 fully saturated rings. The fourth-order valence-electron chi connectivity index (χ4n) is 1.95. The molecule has 2 nitrogen and oxygen atoms in total. The van der Waals surface area contributed by atoms with Crippen molar-refractivity contribution in [3.05, 3.63) is 63.9 Å². The maximum atomic E-state index is 10.5. The van der Waals surface area contributed by atoms with Gasteiger partial charge in [-0.25, -0.2) is 5.57 Å². The first-order valence-corrected chi connectivity index (χ1v) is 9.43. The maximum absolute atomic E-state index is 10.5. The zero-order valence-corrected chi connectivity index (χ0v) is 20.1. The number of allylic oxidation sites excluding steroid dienone is 4. The van der Waals surface area contributed by atoms with E-state index in [9.17, 15) is 4.79 Å². The summed E-state index contributed by atoms with van der Waals surface area (Å²) in [6, 6.07) is 7.02. The summed E-state index contributed by atoms with van der Waals surface area (Å²) in [5, 5.41) is 0. The molecule has 0 spiro atoms. The Kier molecular flexibility index (Phi) is 22.2. The first kappa shape index (κ1) is 32.4. The van der Waals surface area contributed by atoms with Crippen LogP contribution in [0.5, 0.6) is 0 Å². The van der Waals surface area contributed by atoms with E-state index in [1.54, 1.807) is 18.2 Å². The number of hydrogen-bond acceptors (Lipinski definition) is 1. The van der Waals surface area contributed by atoms with E-state index in [0.717, 1.165) is 15.1 Å². The van der Waals surface area contributed by atoms with Crippen molar-refractivity contribution < 1.29 is 51.3 Å². The topological polar surface area (TPSA) is 40.9 Å². The van der Waals surface area contributed by atoms with Gasteiger partial charge in [0.05, 0.1) is 5.91 Å². The molecule has 0 saturated carbocycles. The largest absolute Gasteiger partial charge is 4.00 e. The number of nitrogens with one attached hydrogen (secondary N) is 1. The Morgan fingerprint density at radius 1 is 1.12 bits per heavy atom. The fourth-order valence-corrected chi connectivity index (χ4v) is 1.95. The molecule has 1 aromatic rings. The predicted octanol–water partition coefficient (Wildman–Crippen LogP) is -0.298. The zero-order valence-electron chi connectivity index (χ0n) is 16.1.